The Morgan fingerprint density at radius 2 is 1.91 bits per heavy atom. The van der Waals surface area contributed by atoms with Gasteiger partial charge in [0.1, 0.15) is 0 Å². The smallest absolute Gasteiger partial charge is 0.0636 e. The summed E-state index contributed by atoms with van der Waals surface area (Å²) in [4.78, 5) is 5.79. The van der Waals surface area contributed by atoms with E-state index >= 15 is 0 Å². The number of fused-ring (bicyclic) bond motifs is 3. The SMILES string of the molecule is C=C/C(C)=C(/C=Nc1ccc2c(c1)-c1ccccc1C2)SC. The largest absolute Gasteiger partial charge is 0.256 e. The summed E-state index contributed by atoms with van der Waals surface area (Å²) in [7, 11) is 0. The van der Waals surface area contributed by atoms with Gasteiger partial charge in [-0.15, -0.1) is 11.8 Å². The first kappa shape index (κ1) is 14.9. The van der Waals surface area contributed by atoms with Crippen LogP contribution in [-0.4, -0.2) is 12.5 Å². The third-order valence-corrected chi connectivity index (χ3v) is 4.89. The fraction of sp³-hybridized carbons (Fsp3) is 0.150. The van der Waals surface area contributed by atoms with E-state index in [0.29, 0.717) is 0 Å². The van der Waals surface area contributed by atoms with Crippen LogP contribution in [0.2, 0.25) is 0 Å². The molecule has 0 fully saturated rings. The average Bonchev–Trinajstić information content (AvgIpc) is 2.93. The van der Waals surface area contributed by atoms with Gasteiger partial charge >= 0.3 is 0 Å². The van der Waals surface area contributed by atoms with Gasteiger partial charge in [0.2, 0.25) is 0 Å². The van der Waals surface area contributed by atoms with Crippen molar-refractivity contribution in [1.82, 2.24) is 0 Å². The number of hydrogen-bond acceptors (Lipinski definition) is 2. The van der Waals surface area contributed by atoms with Crippen molar-refractivity contribution in [2.45, 2.75) is 13.3 Å². The zero-order valence-electron chi connectivity index (χ0n) is 13.0. The molecule has 110 valence electrons. The van der Waals surface area contributed by atoms with Gasteiger partial charge in [0.05, 0.1) is 5.69 Å². The van der Waals surface area contributed by atoms with Crippen molar-refractivity contribution in [3.63, 3.8) is 0 Å². The minimum absolute atomic E-state index is 0.999. The van der Waals surface area contributed by atoms with E-state index in [1.54, 1.807) is 11.8 Å². The van der Waals surface area contributed by atoms with E-state index in [1.807, 2.05) is 12.3 Å². The molecule has 1 nitrogen and oxygen atoms in total. The van der Waals surface area contributed by atoms with E-state index in [2.05, 4.69) is 67.2 Å². The Bertz CT molecular complexity index is 784. The number of thioether (sulfide) groups is 1. The zero-order valence-corrected chi connectivity index (χ0v) is 13.8. The minimum Gasteiger partial charge on any atom is -0.256 e. The average molecular weight is 305 g/mol. The van der Waals surface area contributed by atoms with Crippen LogP contribution < -0.4 is 0 Å². The predicted octanol–water partition coefficient (Wildman–Crippen LogP) is 5.78. The molecule has 3 rings (SSSR count). The Labute approximate surface area is 136 Å². The fourth-order valence-corrected chi connectivity index (χ4v) is 3.30. The van der Waals surface area contributed by atoms with Crippen LogP contribution in [0.1, 0.15) is 18.1 Å². The highest BCUT2D eigenvalue weighted by Crippen LogP contribution is 2.38. The van der Waals surface area contributed by atoms with Crippen LogP contribution in [0.3, 0.4) is 0 Å². The van der Waals surface area contributed by atoms with E-state index in [1.165, 1.54) is 22.3 Å². The lowest BCUT2D eigenvalue weighted by Crippen LogP contribution is -1.83. The van der Waals surface area contributed by atoms with Gasteiger partial charge in [0.15, 0.2) is 0 Å². The summed E-state index contributed by atoms with van der Waals surface area (Å²) in [6, 6.07) is 15.1. The van der Waals surface area contributed by atoms with Gasteiger partial charge in [-0.1, -0.05) is 43.0 Å². The molecule has 0 N–H and O–H groups in total. The number of benzene rings is 2. The van der Waals surface area contributed by atoms with Gasteiger partial charge in [0.25, 0.3) is 0 Å². The number of nitrogens with zero attached hydrogens (tertiary/aromatic N) is 1. The molecule has 0 atom stereocenters. The monoisotopic (exact) mass is 305 g/mol. The number of allylic oxidation sites excluding steroid dienone is 3. The predicted molar refractivity (Wildman–Crippen MR) is 99.2 cm³/mol. The summed E-state index contributed by atoms with van der Waals surface area (Å²) < 4.78 is 0. The van der Waals surface area contributed by atoms with Crippen molar-refractivity contribution in [3.8, 4) is 11.1 Å². The van der Waals surface area contributed by atoms with Crippen molar-refractivity contribution >= 4 is 23.7 Å². The highest BCUT2D eigenvalue weighted by atomic mass is 32.2. The summed E-state index contributed by atoms with van der Waals surface area (Å²) in [6.07, 6.45) is 6.90. The highest BCUT2D eigenvalue weighted by molar-refractivity contribution is 8.03. The molecule has 2 aromatic rings. The molecular weight excluding hydrogens is 286 g/mol. The molecule has 0 bridgehead atoms. The number of hydrogen-bond donors (Lipinski definition) is 0. The molecule has 22 heavy (non-hydrogen) atoms. The van der Waals surface area contributed by atoms with Crippen LogP contribution in [0.4, 0.5) is 5.69 Å². The highest BCUT2D eigenvalue weighted by Gasteiger charge is 2.17. The number of aliphatic imine (C=N–C) groups is 1. The third kappa shape index (κ3) is 2.79. The molecule has 2 heteroatoms. The summed E-state index contributed by atoms with van der Waals surface area (Å²) in [5, 5.41) is 0. The second-order valence-corrected chi connectivity index (χ2v) is 6.24. The van der Waals surface area contributed by atoms with Gasteiger partial charge in [-0.05, 0) is 59.6 Å². The molecule has 0 spiro atoms. The van der Waals surface area contributed by atoms with Crippen LogP contribution in [0.25, 0.3) is 11.1 Å². The summed E-state index contributed by atoms with van der Waals surface area (Å²) in [5.74, 6) is 0. The molecular formula is C20H19NS. The molecule has 0 radical (unpaired) electrons. The van der Waals surface area contributed by atoms with Crippen LogP contribution in [-0.2, 0) is 6.42 Å². The normalized spacial score (nSPS) is 13.7. The minimum atomic E-state index is 0.999. The Morgan fingerprint density at radius 1 is 1.14 bits per heavy atom. The van der Waals surface area contributed by atoms with Gasteiger partial charge in [-0.25, -0.2) is 0 Å². The Kier molecular flexibility index (Phi) is 4.30. The Balaban J connectivity index is 1.95. The summed E-state index contributed by atoms with van der Waals surface area (Å²) >= 11 is 1.69. The summed E-state index contributed by atoms with van der Waals surface area (Å²) in [5.41, 5.74) is 7.62. The van der Waals surface area contributed by atoms with Crippen LogP contribution in [0, 0.1) is 0 Å². The first-order valence-electron chi connectivity index (χ1n) is 7.35. The van der Waals surface area contributed by atoms with Crippen molar-refractivity contribution < 1.29 is 0 Å². The molecule has 0 amide bonds. The summed E-state index contributed by atoms with van der Waals surface area (Å²) in [6.45, 7) is 5.88. The molecule has 0 saturated carbocycles. The maximum absolute atomic E-state index is 4.65. The van der Waals surface area contributed by atoms with Crippen molar-refractivity contribution in [3.05, 3.63) is 76.7 Å². The standard InChI is InChI=1S/C20H19NS/c1-4-14(2)20(22-3)13-21-17-10-9-16-11-15-7-5-6-8-18(15)19(16)12-17/h4-10,12-13H,1,11H2,2-3H3/b20-14-,21-13?. The fourth-order valence-electron chi connectivity index (χ4n) is 2.74. The van der Waals surface area contributed by atoms with E-state index in [-0.39, 0.29) is 0 Å². The second kappa shape index (κ2) is 6.37. The lowest BCUT2D eigenvalue weighted by atomic mass is 10.1. The lowest BCUT2D eigenvalue weighted by molar-refractivity contribution is 1.26. The molecule has 0 saturated heterocycles. The zero-order chi connectivity index (χ0) is 15.5. The van der Waals surface area contributed by atoms with Crippen LogP contribution in [0.5, 0.6) is 0 Å². The third-order valence-electron chi connectivity index (χ3n) is 4.03. The Hall–Kier alpha value is -2.06. The van der Waals surface area contributed by atoms with E-state index in [4.69, 9.17) is 0 Å². The van der Waals surface area contributed by atoms with Crippen molar-refractivity contribution in [2.24, 2.45) is 4.99 Å². The molecule has 1 aliphatic carbocycles. The van der Waals surface area contributed by atoms with Crippen molar-refractivity contribution in [1.29, 1.82) is 0 Å². The van der Waals surface area contributed by atoms with Gasteiger partial charge in [-0.2, -0.15) is 0 Å². The first-order chi connectivity index (χ1) is 10.7. The van der Waals surface area contributed by atoms with E-state index in [0.717, 1.165) is 22.6 Å². The maximum atomic E-state index is 4.65. The van der Waals surface area contributed by atoms with Crippen molar-refractivity contribution in [2.75, 3.05) is 6.26 Å². The molecule has 1 aliphatic rings. The van der Waals surface area contributed by atoms with Crippen LogP contribution in [0.15, 0.2) is 70.6 Å². The molecule has 0 aromatic heterocycles. The lowest BCUT2D eigenvalue weighted by Gasteiger charge is -2.03. The molecule has 0 aliphatic heterocycles. The van der Waals surface area contributed by atoms with Crippen LogP contribution >= 0.6 is 11.8 Å². The van der Waals surface area contributed by atoms with Gasteiger partial charge in [-0.3, -0.25) is 4.99 Å². The molecule has 0 heterocycles. The van der Waals surface area contributed by atoms with E-state index < -0.39 is 0 Å². The maximum Gasteiger partial charge on any atom is 0.0636 e. The van der Waals surface area contributed by atoms with Gasteiger partial charge < -0.3 is 0 Å². The quantitative estimate of drug-likeness (QED) is 0.439. The van der Waals surface area contributed by atoms with Gasteiger partial charge in [0, 0.05) is 11.1 Å². The van der Waals surface area contributed by atoms with E-state index in [9.17, 15) is 0 Å². The molecule has 0 unspecified atom stereocenters. The first-order valence-corrected chi connectivity index (χ1v) is 8.58. The topological polar surface area (TPSA) is 12.4 Å². The Morgan fingerprint density at radius 3 is 2.68 bits per heavy atom. The number of rotatable bonds is 4. The second-order valence-electron chi connectivity index (χ2n) is 5.39. The molecule has 2 aromatic carbocycles.